The second-order valence-electron chi connectivity index (χ2n) is 3.50. The molecule has 2 N–H and O–H groups in total. The Bertz CT molecular complexity index is 545. The molecule has 6 heteroatoms. The molecule has 0 atom stereocenters. The first-order chi connectivity index (χ1) is 8.13. The van der Waals surface area contributed by atoms with Crippen molar-refractivity contribution in [3.63, 3.8) is 0 Å². The van der Waals surface area contributed by atoms with Gasteiger partial charge in [-0.2, -0.15) is 0 Å². The molecule has 0 saturated heterocycles. The molecule has 0 spiro atoms. The van der Waals surface area contributed by atoms with Gasteiger partial charge in [-0.3, -0.25) is 4.79 Å². The molecule has 2 rings (SSSR count). The summed E-state index contributed by atoms with van der Waals surface area (Å²) in [5.74, 6) is 0.147. The fourth-order valence-corrected chi connectivity index (χ4v) is 1.60. The number of carbonyl (C=O) groups is 1. The quantitative estimate of drug-likeness (QED) is 0.839. The Balaban J connectivity index is 2.51. The topological polar surface area (TPSA) is 83.0 Å². The van der Waals surface area contributed by atoms with Crippen LogP contribution in [0.4, 0.5) is 0 Å². The molecule has 0 aliphatic carbocycles. The Morgan fingerprint density at radius 1 is 1.35 bits per heavy atom. The van der Waals surface area contributed by atoms with Gasteiger partial charge in [-0.15, -0.1) is 5.10 Å². The Labute approximate surface area is 98.0 Å². The van der Waals surface area contributed by atoms with Crippen molar-refractivity contribution < 1.29 is 9.53 Å². The largest absolute Gasteiger partial charge is 0.497 e. The molecule has 0 saturated carbocycles. The standard InChI is InChI=1S/C11H12N4O2/c1-15-10(9(11(12)16)13-14-15)7-3-5-8(17-2)6-4-7/h3-6H,1-2H3,(H2,12,16). The number of ether oxygens (including phenoxy) is 1. The molecule has 17 heavy (non-hydrogen) atoms. The molecule has 0 aliphatic heterocycles. The number of amides is 1. The second-order valence-corrected chi connectivity index (χ2v) is 3.50. The summed E-state index contributed by atoms with van der Waals surface area (Å²) < 4.78 is 6.58. The van der Waals surface area contributed by atoms with Crippen LogP contribution in [0.1, 0.15) is 10.5 Å². The van der Waals surface area contributed by atoms with E-state index in [-0.39, 0.29) is 5.69 Å². The predicted octanol–water partition coefficient (Wildman–Crippen LogP) is 0.590. The highest BCUT2D eigenvalue weighted by Crippen LogP contribution is 2.23. The van der Waals surface area contributed by atoms with Gasteiger partial charge in [-0.05, 0) is 24.3 Å². The number of benzene rings is 1. The number of nitrogens with two attached hydrogens (primary N) is 1. The normalized spacial score (nSPS) is 10.2. The van der Waals surface area contributed by atoms with E-state index in [1.165, 1.54) is 4.68 Å². The van der Waals surface area contributed by atoms with Crippen molar-refractivity contribution in [3.8, 4) is 17.0 Å². The first kappa shape index (κ1) is 11.1. The van der Waals surface area contributed by atoms with Gasteiger partial charge in [0.2, 0.25) is 0 Å². The number of rotatable bonds is 3. The smallest absolute Gasteiger partial charge is 0.271 e. The van der Waals surface area contributed by atoms with Crippen molar-refractivity contribution in [1.82, 2.24) is 15.0 Å². The molecule has 2 aromatic rings. The zero-order valence-corrected chi connectivity index (χ0v) is 9.54. The fraction of sp³-hybridized carbons (Fsp3) is 0.182. The van der Waals surface area contributed by atoms with Gasteiger partial charge < -0.3 is 10.5 Å². The maximum absolute atomic E-state index is 11.2. The summed E-state index contributed by atoms with van der Waals surface area (Å²) >= 11 is 0. The molecule has 0 radical (unpaired) electrons. The van der Waals surface area contributed by atoms with Crippen LogP contribution in [0.5, 0.6) is 5.75 Å². The minimum absolute atomic E-state index is 0.165. The van der Waals surface area contributed by atoms with Crippen LogP contribution in [0.3, 0.4) is 0 Å². The molecule has 6 nitrogen and oxygen atoms in total. The number of aromatic nitrogens is 3. The zero-order valence-electron chi connectivity index (χ0n) is 9.54. The molecular weight excluding hydrogens is 220 g/mol. The van der Waals surface area contributed by atoms with Gasteiger partial charge in [0.05, 0.1) is 7.11 Å². The third-order valence-corrected chi connectivity index (χ3v) is 2.42. The molecule has 0 bridgehead atoms. The van der Waals surface area contributed by atoms with E-state index in [2.05, 4.69) is 10.3 Å². The summed E-state index contributed by atoms with van der Waals surface area (Å²) in [7, 11) is 3.30. The summed E-state index contributed by atoms with van der Waals surface area (Å²) in [5, 5.41) is 7.53. The third-order valence-electron chi connectivity index (χ3n) is 2.42. The lowest BCUT2D eigenvalue weighted by atomic mass is 10.1. The summed E-state index contributed by atoms with van der Waals surface area (Å²) in [6.45, 7) is 0. The molecule has 0 aliphatic rings. The molecule has 1 heterocycles. The Hall–Kier alpha value is -2.37. The highest BCUT2D eigenvalue weighted by Gasteiger charge is 2.17. The van der Waals surface area contributed by atoms with Gasteiger partial charge in [0.15, 0.2) is 5.69 Å². The third kappa shape index (κ3) is 1.96. The molecule has 1 aromatic heterocycles. The van der Waals surface area contributed by atoms with E-state index in [0.29, 0.717) is 5.69 Å². The number of methoxy groups -OCH3 is 1. The first-order valence-corrected chi connectivity index (χ1v) is 4.97. The van der Waals surface area contributed by atoms with Crippen LogP contribution in [-0.2, 0) is 7.05 Å². The van der Waals surface area contributed by atoms with Crippen molar-refractivity contribution in [3.05, 3.63) is 30.0 Å². The molecule has 0 unspecified atom stereocenters. The second kappa shape index (κ2) is 4.25. The van der Waals surface area contributed by atoms with Gasteiger partial charge >= 0.3 is 0 Å². The molecular formula is C11H12N4O2. The van der Waals surface area contributed by atoms with Crippen molar-refractivity contribution >= 4 is 5.91 Å². The maximum atomic E-state index is 11.2. The van der Waals surface area contributed by atoms with E-state index in [1.807, 2.05) is 12.1 Å². The Morgan fingerprint density at radius 3 is 2.53 bits per heavy atom. The Kier molecular flexibility index (Phi) is 2.78. The van der Waals surface area contributed by atoms with E-state index < -0.39 is 5.91 Å². The molecule has 1 aromatic carbocycles. The Morgan fingerprint density at radius 2 is 2.00 bits per heavy atom. The highest BCUT2D eigenvalue weighted by molar-refractivity contribution is 5.96. The minimum Gasteiger partial charge on any atom is -0.497 e. The number of hydrogen-bond donors (Lipinski definition) is 1. The number of carbonyl (C=O) groups excluding carboxylic acids is 1. The molecule has 0 fully saturated rings. The summed E-state index contributed by atoms with van der Waals surface area (Å²) in [4.78, 5) is 11.2. The van der Waals surface area contributed by atoms with Gasteiger partial charge in [-0.1, -0.05) is 5.21 Å². The number of aryl methyl sites for hydroxylation is 1. The van der Waals surface area contributed by atoms with E-state index in [0.717, 1.165) is 11.3 Å². The van der Waals surface area contributed by atoms with Crippen molar-refractivity contribution in [2.45, 2.75) is 0 Å². The average Bonchev–Trinajstić information content (AvgIpc) is 2.71. The van der Waals surface area contributed by atoms with Crippen LogP contribution >= 0.6 is 0 Å². The van der Waals surface area contributed by atoms with Crippen LogP contribution in [0.25, 0.3) is 11.3 Å². The maximum Gasteiger partial charge on any atom is 0.271 e. The predicted molar refractivity (Wildman–Crippen MR) is 61.5 cm³/mol. The van der Waals surface area contributed by atoms with E-state index in [4.69, 9.17) is 10.5 Å². The molecule has 1 amide bonds. The van der Waals surface area contributed by atoms with Gasteiger partial charge in [0.25, 0.3) is 5.91 Å². The van der Waals surface area contributed by atoms with Gasteiger partial charge in [-0.25, -0.2) is 4.68 Å². The van der Waals surface area contributed by atoms with Crippen molar-refractivity contribution in [2.24, 2.45) is 12.8 Å². The number of primary amides is 1. The van der Waals surface area contributed by atoms with Crippen LogP contribution in [0.2, 0.25) is 0 Å². The number of nitrogens with zero attached hydrogens (tertiary/aromatic N) is 3. The van der Waals surface area contributed by atoms with Gasteiger partial charge in [0.1, 0.15) is 11.4 Å². The average molecular weight is 232 g/mol. The lowest BCUT2D eigenvalue weighted by Crippen LogP contribution is -2.13. The van der Waals surface area contributed by atoms with E-state index in [9.17, 15) is 4.79 Å². The van der Waals surface area contributed by atoms with Crippen molar-refractivity contribution in [1.29, 1.82) is 0 Å². The van der Waals surface area contributed by atoms with Crippen LogP contribution in [0, 0.1) is 0 Å². The lowest BCUT2D eigenvalue weighted by molar-refractivity contribution is 0.0996. The fourth-order valence-electron chi connectivity index (χ4n) is 1.60. The van der Waals surface area contributed by atoms with Gasteiger partial charge in [0, 0.05) is 12.6 Å². The highest BCUT2D eigenvalue weighted by atomic mass is 16.5. The van der Waals surface area contributed by atoms with E-state index in [1.54, 1.807) is 26.3 Å². The molecule has 88 valence electrons. The van der Waals surface area contributed by atoms with Crippen LogP contribution in [-0.4, -0.2) is 28.0 Å². The van der Waals surface area contributed by atoms with Crippen molar-refractivity contribution in [2.75, 3.05) is 7.11 Å². The minimum atomic E-state index is -0.594. The monoisotopic (exact) mass is 232 g/mol. The summed E-state index contributed by atoms with van der Waals surface area (Å²) in [6, 6.07) is 7.24. The van der Waals surface area contributed by atoms with Crippen LogP contribution in [0.15, 0.2) is 24.3 Å². The lowest BCUT2D eigenvalue weighted by Gasteiger charge is -2.04. The summed E-state index contributed by atoms with van der Waals surface area (Å²) in [5.41, 5.74) is 6.82. The van der Waals surface area contributed by atoms with Crippen LogP contribution < -0.4 is 10.5 Å². The summed E-state index contributed by atoms with van der Waals surface area (Å²) in [6.07, 6.45) is 0. The van der Waals surface area contributed by atoms with E-state index >= 15 is 0 Å². The zero-order chi connectivity index (χ0) is 12.4. The SMILES string of the molecule is COc1ccc(-c2c(C(N)=O)nnn2C)cc1. The number of hydrogen-bond acceptors (Lipinski definition) is 4. The first-order valence-electron chi connectivity index (χ1n) is 4.97.